The number of hydrogen-bond donors (Lipinski definition) is 2. The maximum Gasteiger partial charge on any atom is 0.335 e. The lowest BCUT2D eigenvalue weighted by Gasteiger charge is -2.05. The Bertz CT molecular complexity index is 547. The first kappa shape index (κ1) is 14.2. The van der Waals surface area contributed by atoms with Gasteiger partial charge in [-0.15, -0.1) is 0 Å². The topological polar surface area (TPSA) is 101 Å². The van der Waals surface area contributed by atoms with Gasteiger partial charge >= 0.3 is 5.97 Å². The van der Waals surface area contributed by atoms with Crippen LogP contribution in [0.5, 0.6) is 0 Å². The predicted molar refractivity (Wildman–Crippen MR) is 66.4 cm³/mol. The van der Waals surface area contributed by atoms with Crippen LogP contribution in [0.25, 0.3) is 0 Å². The third-order valence-electron chi connectivity index (χ3n) is 2.21. The minimum atomic E-state index is -3.37. The molecule has 0 unspecified atom stereocenters. The lowest BCUT2D eigenvalue weighted by Crippen LogP contribution is -2.23. The van der Waals surface area contributed by atoms with E-state index in [4.69, 9.17) is 5.11 Å². The van der Waals surface area contributed by atoms with Crippen molar-refractivity contribution in [3.63, 3.8) is 0 Å². The van der Waals surface area contributed by atoms with E-state index < -0.39 is 27.5 Å². The average molecular weight is 271 g/mol. The third-order valence-corrected chi connectivity index (χ3v) is 3.79. The molecule has 0 aromatic heterocycles. The molecule has 0 aliphatic carbocycles. The second-order valence-electron chi connectivity index (χ2n) is 3.61. The second-order valence-corrected chi connectivity index (χ2v) is 5.96. The Labute approximate surface area is 105 Å². The van der Waals surface area contributed by atoms with E-state index in [-0.39, 0.29) is 11.3 Å². The minimum Gasteiger partial charge on any atom is -0.478 e. The van der Waals surface area contributed by atoms with Gasteiger partial charge in [0.15, 0.2) is 9.84 Å². The fraction of sp³-hybridized carbons (Fsp3) is 0.273. The molecule has 18 heavy (non-hydrogen) atoms. The zero-order valence-electron chi connectivity index (χ0n) is 9.71. The van der Waals surface area contributed by atoms with Crippen molar-refractivity contribution in [1.82, 2.24) is 0 Å². The molecule has 0 saturated heterocycles. The Balaban J connectivity index is 2.68. The van der Waals surface area contributed by atoms with Crippen LogP contribution < -0.4 is 5.32 Å². The van der Waals surface area contributed by atoms with E-state index in [9.17, 15) is 18.0 Å². The smallest absolute Gasteiger partial charge is 0.335 e. The number of rotatable bonds is 5. The second kappa shape index (κ2) is 5.63. The van der Waals surface area contributed by atoms with Crippen molar-refractivity contribution in [3.05, 3.63) is 29.8 Å². The van der Waals surface area contributed by atoms with Gasteiger partial charge in [-0.05, 0) is 24.3 Å². The number of sulfone groups is 1. The van der Waals surface area contributed by atoms with E-state index in [1.54, 1.807) is 0 Å². The summed E-state index contributed by atoms with van der Waals surface area (Å²) in [5, 5.41) is 11.1. The van der Waals surface area contributed by atoms with Crippen molar-refractivity contribution in [3.8, 4) is 0 Å². The molecular weight excluding hydrogens is 258 g/mol. The number of nitrogens with one attached hydrogen (secondary N) is 1. The fourth-order valence-electron chi connectivity index (χ4n) is 1.20. The summed E-state index contributed by atoms with van der Waals surface area (Å²) in [6.45, 7) is 1.46. The van der Waals surface area contributed by atoms with Gasteiger partial charge in [0.05, 0.1) is 5.56 Å². The molecule has 7 heteroatoms. The molecule has 0 bridgehead atoms. The monoisotopic (exact) mass is 271 g/mol. The predicted octanol–water partition coefficient (Wildman–Crippen LogP) is 0.758. The van der Waals surface area contributed by atoms with Crippen LogP contribution >= 0.6 is 0 Å². The molecule has 1 aromatic rings. The third kappa shape index (κ3) is 4.17. The van der Waals surface area contributed by atoms with Gasteiger partial charge in [0.1, 0.15) is 5.75 Å². The Kier molecular flexibility index (Phi) is 4.43. The molecule has 0 spiro atoms. The molecule has 6 nitrogen and oxygen atoms in total. The zero-order valence-corrected chi connectivity index (χ0v) is 10.5. The Morgan fingerprint density at radius 2 is 1.78 bits per heavy atom. The highest BCUT2D eigenvalue weighted by atomic mass is 32.2. The first-order chi connectivity index (χ1) is 8.34. The summed E-state index contributed by atoms with van der Waals surface area (Å²) >= 11 is 0. The first-order valence-corrected chi connectivity index (χ1v) is 7.00. The summed E-state index contributed by atoms with van der Waals surface area (Å²) in [6.07, 6.45) is 0. The summed E-state index contributed by atoms with van der Waals surface area (Å²) in [7, 11) is -3.37. The van der Waals surface area contributed by atoms with E-state index in [1.165, 1.54) is 31.2 Å². The summed E-state index contributed by atoms with van der Waals surface area (Å²) < 4.78 is 22.4. The van der Waals surface area contributed by atoms with Crippen molar-refractivity contribution >= 4 is 27.4 Å². The number of benzene rings is 1. The number of carboxylic acid groups (broad SMARTS) is 1. The number of carbonyl (C=O) groups excluding carboxylic acids is 1. The largest absolute Gasteiger partial charge is 0.478 e. The molecule has 0 aliphatic heterocycles. The van der Waals surface area contributed by atoms with Crippen LogP contribution in [0.2, 0.25) is 0 Å². The molecule has 98 valence electrons. The molecule has 0 atom stereocenters. The van der Waals surface area contributed by atoms with Gasteiger partial charge in [-0.1, -0.05) is 6.92 Å². The summed E-state index contributed by atoms with van der Waals surface area (Å²) in [5.74, 6) is -2.39. The number of hydrogen-bond acceptors (Lipinski definition) is 4. The highest BCUT2D eigenvalue weighted by Crippen LogP contribution is 2.09. The van der Waals surface area contributed by atoms with Gasteiger partial charge in [0.25, 0.3) is 0 Å². The van der Waals surface area contributed by atoms with Crippen LogP contribution in [-0.2, 0) is 14.6 Å². The van der Waals surface area contributed by atoms with E-state index in [2.05, 4.69) is 5.32 Å². The number of amides is 1. The van der Waals surface area contributed by atoms with Gasteiger partial charge in [-0.3, -0.25) is 4.79 Å². The molecule has 0 aliphatic rings. The normalized spacial score (nSPS) is 10.9. The van der Waals surface area contributed by atoms with Crippen LogP contribution in [0.1, 0.15) is 17.3 Å². The van der Waals surface area contributed by atoms with E-state index in [1.807, 2.05) is 0 Å². The molecule has 1 amide bonds. The Hall–Kier alpha value is -1.89. The van der Waals surface area contributed by atoms with Gasteiger partial charge < -0.3 is 10.4 Å². The van der Waals surface area contributed by atoms with Crippen molar-refractivity contribution in [2.75, 3.05) is 16.8 Å². The molecule has 0 heterocycles. The summed E-state index contributed by atoms with van der Waals surface area (Å²) in [5.41, 5.74) is 0.450. The Morgan fingerprint density at radius 1 is 1.22 bits per heavy atom. The van der Waals surface area contributed by atoms with Crippen molar-refractivity contribution in [2.24, 2.45) is 0 Å². The fourth-order valence-corrected chi connectivity index (χ4v) is 1.87. The highest BCUT2D eigenvalue weighted by molar-refractivity contribution is 7.92. The van der Waals surface area contributed by atoms with Crippen LogP contribution in [0.15, 0.2) is 24.3 Å². The maximum atomic E-state index is 11.4. The number of carbonyl (C=O) groups is 2. The molecule has 2 N–H and O–H groups in total. The molecular formula is C11H13NO5S. The number of carboxylic acids is 1. The quantitative estimate of drug-likeness (QED) is 0.823. The minimum absolute atomic E-state index is 0.0918. The zero-order chi connectivity index (χ0) is 13.8. The lowest BCUT2D eigenvalue weighted by molar-refractivity contribution is -0.113. The molecule has 1 aromatic carbocycles. The van der Waals surface area contributed by atoms with Crippen LogP contribution in [-0.4, -0.2) is 36.9 Å². The summed E-state index contributed by atoms with van der Waals surface area (Å²) in [6, 6.07) is 5.46. The number of anilines is 1. The van der Waals surface area contributed by atoms with Crippen molar-refractivity contribution < 1.29 is 23.1 Å². The van der Waals surface area contributed by atoms with Crippen LogP contribution in [0.4, 0.5) is 5.69 Å². The van der Waals surface area contributed by atoms with Crippen molar-refractivity contribution in [2.45, 2.75) is 6.92 Å². The average Bonchev–Trinajstić information content (AvgIpc) is 2.29. The van der Waals surface area contributed by atoms with Gasteiger partial charge in [0.2, 0.25) is 5.91 Å². The number of aromatic carboxylic acids is 1. The SMILES string of the molecule is CCS(=O)(=O)CC(=O)Nc1ccc(C(=O)O)cc1. The van der Waals surface area contributed by atoms with Crippen LogP contribution in [0, 0.1) is 0 Å². The van der Waals surface area contributed by atoms with Gasteiger partial charge in [0, 0.05) is 11.4 Å². The molecule has 0 saturated carbocycles. The highest BCUT2D eigenvalue weighted by Gasteiger charge is 2.14. The van der Waals surface area contributed by atoms with E-state index in [0.29, 0.717) is 5.69 Å². The van der Waals surface area contributed by atoms with E-state index >= 15 is 0 Å². The maximum absolute atomic E-state index is 11.4. The Morgan fingerprint density at radius 3 is 2.22 bits per heavy atom. The lowest BCUT2D eigenvalue weighted by atomic mass is 10.2. The van der Waals surface area contributed by atoms with Gasteiger partial charge in [-0.25, -0.2) is 13.2 Å². The summed E-state index contributed by atoms with van der Waals surface area (Å²) in [4.78, 5) is 22.0. The first-order valence-electron chi connectivity index (χ1n) is 5.17. The van der Waals surface area contributed by atoms with E-state index in [0.717, 1.165) is 0 Å². The van der Waals surface area contributed by atoms with Crippen LogP contribution in [0.3, 0.4) is 0 Å². The van der Waals surface area contributed by atoms with Crippen molar-refractivity contribution in [1.29, 1.82) is 0 Å². The van der Waals surface area contributed by atoms with Gasteiger partial charge in [-0.2, -0.15) is 0 Å². The molecule has 0 fully saturated rings. The molecule has 0 radical (unpaired) electrons. The standard InChI is InChI=1S/C11H13NO5S/c1-2-18(16,17)7-10(13)12-9-5-3-8(4-6-9)11(14)15/h3-6H,2,7H2,1H3,(H,12,13)(H,14,15). The molecule has 1 rings (SSSR count).